The van der Waals surface area contributed by atoms with Gasteiger partial charge in [-0.2, -0.15) is 0 Å². The molecule has 2 aromatic heterocycles. The average Bonchev–Trinajstić information content (AvgIpc) is 3.51. The molecule has 2 heteroatoms. The number of hydrogen-bond acceptors (Lipinski definition) is 0. The van der Waals surface area contributed by atoms with Crippen LogP contribution in [0.25, 0.3) is 49.3 Å². The molecule has 0 radical (unpaired) electrons. The van der Waals surface area contributed by atoms with Crippen molar-refractivity contribution in [1.29, 1.82) is 0 Å². The molecule has 0 saturated heterocycles. The molecule has 2 heterocycles. The van der Waals surface area contributed by atoms with Crippen LogP contribution in [-0.2, 0) is 0 Å². The Bertz CT molecular complexity index is 2130. The molecule has 0 aliphatic carbocycles. The van der Waals surface area contributed by atoms with Crippen LogP contribution in [0.1, 0.15) is 20.6 Å². The predicted molar refractivity (Wildman–Crippen MR) is 110 cm³/mol. The molecule has 0 unspecified atom stereocenters. The van der Waals surface area contributed by atoms with Crippen LogP contribution in [0, 0.1) is 0 Å². The number of rotatable bonds is 1. The molecular weight excluding hydrogens is 316 g/mol. The van der Waals surface area contributed by atoms with E-state index in [9.17, 15) is 0 Å². The number of nitrogens with zero attached hydrogens (tertiary/aromatic N) is 1. The Balaban J connectivity index is 2.03. The molecule has 0 fully saturated rings. The summed E-state index contributed by atoms with van der Waals surface area (Å²) in [5, 5.41) is -0.769. The van der Waals surface area contributed by atoms with Crippen LogP contribution in [0.4, 0.5) is 0 Å². The highest BCUT2D eigenvalue weighted by Gasteiger charge is 2.15. The van der Waals surface area contributed by atoms with Gasteiger partial charge in [-0.15, -0.1) is 0 Å². The van der Waals surface area contributed by atoms with Crippen molar-refractivity contribution in [2.24, 2.45) is 0 Å². The van der Waals surface area contributed by atoms with Gasteiger partial charge in [-0.05, 0) is 24.2 Å². The minimum Gasteiger partial charge on any atom is -0.353 e. The standard InChI is InChI=1S/C24H16N2/c1-4-12-20-16(8-1)19-11-7-15-23(24(19)25-20)26-21-13-5-2-9-17(21)18-10-3-6-14-22(18)26/h1-15,25H/i1D,2D,3D,4D,5D,6D,7D,8D,9D,10D,11D,12D,13D,14D,15D. The number of hydrogen-bond donors (Lipinski definition) is 1. The first-order valence-corrected chi connectivity index (χ1v) is 7.67. The van der Waals surface area contributed by atoms with Crippen LogP contribution in [0.5, 0.6) is 0 Å². The second-order valence-corrected chi connectivity index (χ2v) is 5.63. The van der Waals surface area contributed by atoms with Crippen molar-refractivity contribution >= 4 is 43.6 Å². The summed E-state index contributed by atoms with van der Waals surface area (Å²) in [7, 11) is 0. The molecule has 2 nitrogen and oxygen atoms in total. The van der Waals surface area contributed by atoms with E-state index in [1.54, 1.807) is 0 Å². The molecule has 1 N–H and O–H groups in total. The minimum absolute atomic E-state index is 0.129. The van der Waals surface area contributed by atoms with Gasteiger partial charge in [-0.1, -0.05) is 66.5 Å². The van der Waals surface area contributed by atoms with Gasteiger partial charge in [-0.3, -0.25) is 0 Å². The van der Waals surface area contributed by atoms with E-state index in [-0.39, 0.29) is 49.3 Å². The molecular formula is C24H16N2. The van der Waals surface area contributed by atoms with Crippen LogP contribution in [0.15, 0.2) is 90.6 Å². The lowest BCUT2D eigenvalue weighted by atomic mass is 10.1. The van der Waals surface area contributed by atoms with Gasteiger partial charge in [0, 0.05) is 27.1 Å². The Hall–Kier alpha value is -3.52. The third-order valence-electron chi connectivity index (χ3n) is 4.30. The second kappa shape index (κ2) is 4.99. The van der Waals surface area contributed by atoms with Gasteiger partial charge in [0.2, 0.25) is 0 Å². The Morgan fingerprint density at radius 2 is 1.15 bits per heavy atom. The van der Waals surface area contributed by atoms with Crippen LogP contribution in [0.3, 0.4) is 0 Å². The highest BCUT2D eigenvalue weighted by molar-refractivity contribution is 6.13. The lowest BCUT2D eigenvalue weighted by Gasteiger charge is -2.09. The van der Waals surface area contributed by atoms with Crippen molar-refractivity contribution in [2.75, 3.05) is 0 Å². The molecule has 0 atom stereocenters. The van der Waals surface area contributed by atoms with Crippen LogP contribution in [0.2, 0.25) is 0 Å². The number of benzene rings is 4. The first-order valence-electron chi connectivity index (χ1n) is 15.2. The van der Waals surface area contributed by atoms with Crippen molar-refractivity contribution in [3.63, 3.8) is 0 Å². The van der Waals surface area contributed by atoms with E-state index in [0.29, 0.717) is 0 Å². The van der Waals surface area contributed by atoms with E-state index in [4.69, 9.17) is 20.6 Å². The first kappa shape index (κ1) is 5.75. The van der Waals surface area contributed by atoms with Gasteiger partial charge in [0.15, 0.2) is 0 Å². The number of nitrogens with one attached hydrogen (secondary N) is 1. The van der Waals surface area contributed by atoms with Crippen LogP contribution >= 0.6 is 0 Å². The van der Waals surface area contributed by atoms with Gasteiger partial charge in [0.1, 0.15) is 0 Å². The molecule has 0 aliphatic heterocycles. The Labute approximate surface area is 171 Å². The lowest BCUT2D eigenvalue weighted by Crippen LogP contribution is -1.94. The summed E-state index contributed by atoms with van der Waals surface area (Å²) in [5.74, 6) is 0. The Kier molecular flexibility index (Phi) is 1.10. The molecule has 6 aromatic rings. The number of fused-ring (bicyclic) bond motifs is 6. The molecule has 0 bridgehead atoms. The number of para-hydroxylation sites is 4. The third-order valence-corrected chi connectivity index (χ3v) is 4.30. The van der Waals surface area contributed by atoms with Gasteiger partial charge >= 0.3 is 0 Å². The van der Waals surface area contributed by atoms with Gasteiger partial charge < -0.3 is 9.55 Å². The number of aromatic nitrogens is 2. The van der Waals surface area contributed by atoms with E-state index in [2.05, 4.69) is 4.98 Å². The van der Waals surface area contributed by atoms with Crippen molar-refractivity contribution in [3.8, 4) is 5.69 Å². The van der Waals surface area contributed by atoms with Crippen LogP contribution in [-0.4, -0.2) is 9.55 Å². The fourth-order valence-corrected chi connectivity index (χ4v) is 3.24. The van der Waals surface area contributed by atoms with Gasteiger partial charge in [0.25, 0.3) is 0 Å². The number of H-pyrrole nitrogens is 1. The summed E-state index contributed by atoms with van der Waals surface area (Å²) < 4.78 is 128. The van der Waals surface area contributed by atoms with E-state index >= 15 is 0 Å². The van der Waals surface area contributed by atoms with E-state index < -0.39 is 90.6 Å². The van der Waals surface area contributed by atoms with Crippen LogP contribution < -0.4 is 0 Å². The predicted octanol–water partition coefficient (Wildman–Crippen LogP) is 6.42. The maximum absolute atomic E-state index is 8.85. The van der Waals surface area contributed by atoms with E-state index in [1.165, 1.54) is 0 Å². The van der Waals surface area contributed by atoms with Gasteiger partial charge in [0.05, 0.1) is 42.8 Å². The van der Waals surface area contributed by atoms with E-state index in [1.807, 2.05) is 0 Å². The zero-order valence-corrected chi connectivity index (χ0v) is 12.9. The summed E-state index contributed by atoms with van der Waals surface area (Å²) in [6.45, 7) is 0. The first-order chi connectivity index (χ1) is 19.1. The normalized spacial score (nSPS) is 19.9. The summed E-state index contributed by atoms with van der Waals surface area (Å²) >= 11 is 0. The fraction of sp³-hybridized carbons (Fsp3) is 0. The minimum atomic E-state index is -0.677. The highest BCUT2D eigenvalue weighted by Crippen LogP contribution is 2.35. The Morgan fingerprint density at radius 1 is 0.577 bits per heavy atom. The third kappa shape index (κ3) is 1.71. The second-order valence-electron chi connectivity index (χ2n) is 5.63. The topological polar surface area (TPSA) is 20.7 Å². The van der Waals surface area contributed by atoms with E-state index in [0.717, 1.165) is 4.57 Å². The maximum Gasteiger partial charge on any atom is 0.0709 e. The maximum atomic E-state index is 8.85. The molecule has 6 rings (SSSR count). The molecule has 0 saturated carbocycles. The molecule has 26 heavy (non-hydrogen) atoms. The van der Waals surface area contributed by atoms with Crippen molar-refractivity contribution in [3.05, 3.63) is 90.6 Å². The van der Waals surface area contributed by atoms with Crippen molar-refractivity contribution in [1.82, 2.24) is 9.55 Å². The molecule has 0 spiro atoms. The zero-order chi connectivity index (χ0) is 30.1. The summed E-state index contributed by atoms with van der Waals surface area (Å²) in [6, 6.07) is -9.06. The Morgan fingerprint density at radius 3 is 1.88 bits per heavy atom. The molecule has 0 aliphatic rings. The largest absolute Gasteiger partial charge is 0.353 e. The molecule has 122 valence electrons. The zero-order valence-electron chi connectivity index (χ0n) is 27.9. The molecule has 0 amide bonds. The van der Waals surface area contributed by atoms with Gasteiger partial charge in [-0.25, -0.2) is 0 Å². The van der Waals surface area contributed by atoms with Crippen molar-refractivity contribution in [2.45, 2.75) is 0 Å². The quantitative estimate of drug-likeness (QED) is 0.354. The highest BCUT2D eigenvalue weighted by atomic mass is 15.0. The smallest absolute Gasteiger partial charge is 0.0709 e. The monoisotopic (exact) mass is 347 g/mol. The lowest BCUT2D eigenvalue weighted by molar-refractivity contribution is 1.19. The average molecular weight is 347 g/mol. The summed E-state index contributed by atoms with van der Waals surface area (Å²) in [4.78, 5) is 2.83. The fourth-order valence-electron chi connectivity index (χ4n) is 3.24. The SMILES string of the molecule is [2H]c1c([2H])c([2H])c2c([nH]c3c(-n4c5c([2H])c([2H])c([2H])c([2H])c5c5c([2H])c([2H])c([2H])c([2H])c54)c([2H])c([2H])c([2H])c32)c1[2H]. The number of aromatic amines is 1. The summed E-state index contributed by atoms with van der Waals surface area (Å²) in [5.41, 5.74) is -1.19. The summed E-state index contributed by atoms with van der Waals surface area (Å²) in [6.07, 6.45) is 0. The van der Waals surface area contributed by atoms with Crippen molar-refractivity contribution < 1.29 is 20.6 Å². The molecule has 4 aromatic carbocycles.